The number of methoxy groups -OCH3 is 2. The van der Waals surface area contributed by atoms with Gasteiger partial charge in [0.15, 0.2) is 11.5 Å². The lowest BCUT2D eigenvalue weighted by molar-refractivity contribution is 0.220. The van der Waals surface area contributed by atoms with Crippen LogP contribution in [0.1, 0.15) is 12.8 Å². The van der Waals surface area contributed by atoms with Crippen LogP contribution in [0.15, 0.2) is 12.1 Å². The van der Waals surface area contributed by atoms with Gasteiger partial charge in [-0.15, -0.1) is 0 Å². The molecular formula is C13H20N2O3. The third-order valence-electron chi connectivity index (χ3n) is 3.50. The molecule has 4 N–H and O–H groups in total. The number of ether oxygens (including phenoxy) is 2. The molecule has 0 atom stereocenters. The fraction of sp³-hybridized carbons (Fsp3) is 0.538. The molecule has 5 heteroatoms. The Balaban J connectivity index is 2.12. The number of aliphatic hydroxyl groups is 1. The van der Waals surface area contributed by atoms with Gasteiger partial charge in [-0.05, 0) is 12.8 Å². The zero-order valence-electron chi connectivity index (χ0n) is 10.8. The van der Waals surface area contributed by atoms with Gasteiger partial charge in [-0.2, -0.15) is 0 Å². The van der Waals surface area contributed by atoms with E-state index in [1.54, 1.807) is 20.3 Å². The molecule has 100 valence electrons. The van der Waals surface area contributed by atoms with E-state index in [2.05, 4.69) is 5.32 Å². The van der Waals surface area contributed by atoms with Crippen LogP contribution >= 0.6 is 0 Å². The van der Waals surface area contributed by atoms with Crippen LogP contribution in [-0.2, 0) is 0 Å². The highest BCUT2D eigenvalue weighted by atomic mass is 16.5. The zero-order valence-corrected chi connectivity index (χ0v) is 10.8. The van der Waals surface area contributed by atoms with E-state index in [0.717, 1.165) is 25.1 Å². The van der Waals surface area contributed by atoms with Crippen molar-refractivity contribution >= 4 is 11.4 Å². The summed E-state index contributed by atoms with van der Waals surface area (Å²) < 4.78 is 10.4. The standard InChI is InChI=1S/C13H20N2O3/c1-17-11-5-9(14)10(6-12(11)18-2)15-7-13(8-16)3-4-13/h5-6,15-16H,3-4,7-8,14H2,1-2H3. The third-order valence-corrected chi connectivity index (χ3v) is 3.50. The average molecular weight is 252 g/mol. The summed E-state index contributed by atoms with van der Waals surface area (Å²) in [6, 6.07) is 3.56. The van der Waals surface area contributed by atoms with Crippen molar-refractivity contribution in [2.45, 2.75) is 12.8 Å². The van der Waals surface area contributed by atoms with Gasteiger partial charge in [0.2, 0.25) is 0 Å². The molecule has 18 heavy (non-hydrogen) atoms. The summed E-state index contributed by atoms with van der Waals surface area (Å²) >= 11 is 0. The molecule has 1 fully saturated rings. The molecule has 0 heterocycles. The Morgan fingerprint density at radius 1 is 1.28 bits per heavy atom. The van der Waals surface area contributed by atoms with Gasteiger partial charge in [-0.1, -0.05) is 0 Å². The average Bonchev–Trinajstić information content (AvgIpc) is 3.17. The van der Waals surface area contributed by atoms with E-state index >= 15 is 0 Å². The van der Waals surface area contributed by atoms with E-state index < -0.39 is 0 Å². The first-order valence-corrected chi connectivity index (χ1v) is 6.00. The minimum atomic E-state index is 0.0413. The first-order chi connectivity index (χ1) is 8.64. The SMILES string of the molecule is COc1cc(N)c(NCC2(CO)CC2)cc1OC. The Morgan fingerprint density at radius 2 is 1.89 bits per heavy atom. The number of nitrogens with one attached hydrogen (secondary N) is 1. The van der Waals surface area contributed by atoms with Crippen LogP contribution in [0.3, 0.4) is 0 Å². The lowest BCUT2D eigenvalue weighted by atomic mass is 10.1. The van der Waals surface area contributed by atoms with Gasteiger partial charge < -0.3 is 25.6 Å². The molecular weight excluding hydrogens is 232 g/mol. The molecule has 0 saturated heterocycles. The first-order valence-electron chi connectivity index (χ1n) is 6.00. The lowest BCUT2D eigenvalue weighted by Crippen LogP contribution is -2.19. The summed E-state index contributed by atoms with van der Waals surface area (Å²) in [6.45, 7) is 0.941. The van der Waals surface area contributed by atoms with E-state index in [1.165, 1.54) is 0 Å². The van der Waals surface area contributed by atoms with Crippen molar-refractivity contribution < 1.29 is 14.6 Å². The molecule has 0 bridgehead atoms. The van der Waals surface area contributed by atoms with E-state index in [1.807, 2.05) is 6.07 Å². The van der Waals surface area contributed by atoms with Crippen LogP contribution in [0.25, 0.3) is 0 Å². The zero-order chi connectivity index (χ0) is 13.2. The third kappa shape index (κ3) is 2.46. The molecule has 5 nitrogen and oxygen atoms in total. The summed E-state index contributed by atoms with van der Waals surface area (Å²) in [6.07, 6.45) is 2.12. The van der Waals surface area contributed by atoms with E-state index in [9.17, 15) is 5.11 Å². The highest BCUT2D eigenvalue weighted by Gasteiger charge is 2.41. The highest BCUT2D eigenvalue weighted by molar-refractivity contribution is 5.72. The van der Waals surface area contributed by atoms with Gasteiger partial charge in [-0.25, -0.2) is 0 Å². The molecule has 1 aliphatic carbocycles. The Hall–Kier alpha value is -1.62. The minimum Gasteiger partial charge on any atom is -0.493 e. The number of anilines is 2. The van der Waals surface area contributed by atoms with Gasteiger partial charge in [0.25, 0.3) is 0 Å². The van der Waals surface area contributed by atoms with Crippen LogP contribution in [0.5, 0.6) is 11.5 Å². The predicted octanol–water partition coefficient (Wildman–Crippen LogP) is 1.47. The molecule has 1 aromatic carbocycles. The Bertz CT molecular complexity index is 430. The number of nitrogens with two attached hydrogens (primary N) is 1. The molecule has 0 unspecified atom stereocenters. The Kier molecular flexibility index (Phi) is 3.52. The number of rotatable bonds is 6. The maximum absolute atomic E-state index is 9.27. The van der Waals surface area contributed by atoms with Gasteiger partial charge in [-0.3, -0.25) is 0 Å². The molecule has 0 radical (unpaired) electrons. The lowest BCUT2D eigenvalue weighted by Gasteiger charge is -2.17. The topological polar surface area (TPSA) is 76.7 Å². The minimum absolute atomic E-state index is 0.0413. The van der Waals surface area contributed by atoms with E-state index in [-0.39, 0.29) is 12.0 Å². The largest absolute Gasteiger partial charge is 0.493 e. The van der Waals surface area contributed by atoms with Gasteiger partial charge in [0, 0.05) is 24.1 Å². The summed E-state index contributed by atoms with van der Waals surface area (Å²) in [5, 5.41) is 12.5. The second-order valence-electron chi connectivity index (χ2n) is 4.81. The highest BCUT2D eigenvalue weighted by Crippen LogP contribution is 2.45. The van der Waals surface area contributed by atoms with E-state index in [0.29, 0.717) is 17.2 Å². The molecule has 1 aromatic rings. The first kappa shape index (κ1) is 12.8. The molecule has 1 aliphatic rings. The molecule has 0 aliphatic heterocycles. The van der Waals surface area contributed by atoms with Crippen LogP contribution in [-0.4, -0.2) is 32.5 Å². The van der Waals surface area contributed by atoms with Crippen LogP contribution < -0.4 is 20.5 Å². The second kappa shape index (κ2) is 4.94. The summed E-state index contributed by atoms with van der Waals surface area (Å²) in [7, 11) is 3.17. The quantitative estimate of drug-likeness (QED) is 0.668. The Morgan fingerprint density at radius 3 is 2.39 bits per heavy atom. The van der Waals surface area contributed by atoms with Crippen molar-refractivity contribution in [1.82, 2.24) is 0 Å². The monoisotopic (exact) mass is 252 g/mol. The molecule has 0 aromatic heterocycles. The molecule has 2 rings (SSSR count). The summed E-state index contributed by atoms with van der Waals surface area (Å²) in [4.78, 5) is 0. The van der Waals surface area contributed by atoms with Crippen molar-refractivity contribution in [3.63, 3.8) is 0 Å². The molecule has 1 saturated carbocycles. The van der Waals surface area contributed by atoms with Crippen molar-refractivity contribution in [2.75, 3.05) is 38.4 Å². The maximum Gasteiger partial charge on any atom is 0.162 e. The van der Waals surface area contributed by atoms with Gasteiger partial charge >= 0.3 is 0 Å². The van der Waals surface area contributed by atoms with Crippen LogP contribution in [0.4, 0.5) is 11.4 Å². The number of aliphatic hydroxyl groups excluding tert-OH is 1. The van der Waals surface area contributed by atoms with Crippen molar-refractivity contribution in [3.05, 3.63) is 12.1 Å². The van der Waals surface area contributed by atoms with Crippen molar-refractivity contribution in [3.8, 4) is 11.5 Å². The fourth-order valence-corrected chi connectivity index (χ4v) is 1.90. The maximum atomic E-state index is 9.27. The normalized spacial score (nSPS) is 16.2. The number of benzene rings is 1. The van der Waals surface area contributed by atoms with Gasteiger partial charge in [0.1, 0.15) is 0 Å². The summed E-state index contributed by atoms with van der Waals surface area (Å²) in [5.41, 5.74) is 7.42. The predicted molar refractivity (Wildman–Crippen MR) is 71.2 cm³/mol. The molecule has 0 spiro atoms. The van der Waals surface area contributed by atoms with Crippen LogP contribution in [0, 0.1) is 5.41 Å². The number of hydrogen-bond acceptors (Lipinski definition) is 5. The summed E-state index contributed by atoms with van der Waals surface area (Å²) in [5.74, 6) is 1.26. The fourth-order valence-electron chi connectivity index (χ4n) is 1.90. The van der Waals surface area contributed by atoms with Crippen LogP contribution in [0.2, 0.25) is 0 Å². The van der Waals surface area contributed by atoms with Crippen molar-refractivity contribution in [1.29, 1.82) is 0 Å². The number of nitrogen functional groups attached to an aromatic ring is 1. The number of hydrogen-bond donors (Lipinski definition) is 3. The Labute approximate surface area is 107 Å². The van der Waals surface area contributed by atoms with Crippen molar-refractivity contribution in [2.24, 2.45) is 5.41 Å². The van der Waals surface area contributed by atoms with Gasteiger partial charge in [0.05, 0.1) is 32.2 Å². The second-order valence-corrected chi connectivity index (χ2v) is 4.81. The smallest absolute Gasteiger partial charge is 0.162 e. The molecule has 0 amide bonds. The van der Waals surface area contributed by atoms with E-state index in [4.69, 9.17) is 15.2 Å².